The number of nitrogens with one attached hydrogen (secondary N) is 1. The molecular formula is C12H16N2O5. The molecule has 7 nitrogen and oxygen atoms in total. The average Bonchev–Trinajstić information content (AvgIpc) is 2.30. The summed E-state index contributed by atoms with van der Waals surface area (Å²) >= 11 is 0. The number of hydrogen-bond donors (Lipinski definition) is 1. The summed E-state index contributed by atoms with van der Waals surface area (Å²) in [5, 5.41) is 13.2. The first kappa shape index (κ1) is 14.7. The molecule has 0 aliphatic carbocycles. The molecule has 0 aliphatic rings. The second-order valence-corrected chi connectivity index (χ2v) is 3.95. The lowest BCUT2D eigenvalue weighted by atomic mass is 10.2. The molecule has 0 radical (unpaired) electrons. The molecule has 1 aromatic carbocycles. The van der Waals surface area contributed by atoms with Crippen molar-refractivity contribution in [1.29, 1.82) is 0 Å². The van der Waals surface area contributed by atoms with Crippen molar-refractivity contribution in [1.82, 2.24) is 0 Å². The molecule has 0 heterocycles. The quantitative estimate of drug-likeness (QED) is 0.654. The maximum Gasteiger partial charge on any atom is 0.411 e. The number of amides is 1. The van der Waals surface area contributed by atoms with Gasteiger partial charge in [0.15, 0.2) is 0 Å². The number of carbonyl (C=O) groups excluding carboxylic acids is 1. The smallest absolute Gasteiger partial charge is 0.411 e. The zero-order valence-electron chi connectivity index (χ0n) is 11.0. The average molecular weight is 268 g/mol. The Balaban J connectivity index is 3.01. The maximum atomic E-state index is 11.3. The Morgan fingerprint density at radius 3 is 2.68 bits per heavy atom. The van der Waals surface area contributed by atoms with Crippen LogP contribution in [0.4, 0.5) is 16.2 Å². The minimum atomic E-state index is -0.634. The van der Waals surface area contributed by atoms with Gasteiger partial charge in [-0.25, -0.2) is 4.79 Å². The first-order valence-electron chi connectivity index (χ1n) is 5.83. The van der Waals surface area contributed by atoms with Gasteiger partial charge in [0.25, 0.3) is 5.69 Å². The molecule has 0 saturated carbocycles. The van der Waals surface area contributed by atoms with Crippen molar-refractivity contribution in [2.24, 2.45) is 0 Å². The fraction of sp³-hybridized carbons (Fsp3) is 0.417. The van der Waals surface area contributed by atoms with Gasteiger partial charge in [-0.3, -0.25) is 15.4 Å². The summed E-state index contributed by atoms with van der Waals surface area (Å²) in [6, 6.07) is 3.96. The van der Waals surface area contributed by atoms with Crippen LogP contribution in [0.15, 0.2) is 18.2 Å². The van der Waals surface area contributed by atoms with Crippen molar-refractivity contribution in [2.75, 3.05) is 11.9 Å². The van der Waals surface area contributed by atoms with Gasteiger partial charge in [-0.2, -0.15) is 0 Å². The molecule has 1 amide bonds. The molecule has 7 heteroatoms. The Morgan fingerprint density at radius 2 is 2.16 bits per heavy atom. The molecule has 0 fully saturated rings. The van der Waals surface area contributed by atoms with Gasteiger partial charge < -0.3 is 9.47 Å². The molecule has 0 unspecified atom stereocenters. The normalized spacial score (nSPS) is 10.1. The van der Waals surface area contributed by atoms with Crippen LogP contribution < -0.4 is 10.1 Å². The van der Waals surface area contributed by atoms with Gasteiger partial charge in [-0.15, -0.1) is 0 Å². The number of anilines is 1. The molecule has 1 aromatic rings. The van der Waals surface area contributed by atoms with Gasteiger partial charge in [0.2, 0.25) is 0 Å². The van der Waals surface area contributed by atoms with Gasteiger partial charge in [0.05, 0.1) is 29.4 Å². The number of carbonyl (C=O) groups is 1. The van der Waals surface area contributed by atoms with Crippen molar-refractivity contribution in [3.8, 4) is 5.75 Å². The van der Waals surface area contributed by atoms with Gasteiger partial charge in [0.1, 0.15) is 5.75 Å². The fourth-order valence-electron chi connectivity index (χ4n) is 1.36. The molecular weight excluding hydrogens is 252 g/mol. The molecule has 0 atom stereocenters. The first-order chi connectivity index (χ1) is 8.93. The highest BCUT2D eigenvalue weighted by Crippen LogP contribution is 2.30. The van der Waals surface area contributed by atoms with E-state index in [0.717, 1.165) is 0 Å². The topological polar surface area (TPSA) is 90.7 Å². The third-order valence-electron chi connectivity index (χ3n) is 2.05. The summed E-state index contributed by atoms with van der Waals surface area (Å²) in [5.74, 6) is 0.234. The highest BCUT2D eigenvalue weighted by atomic mass is 16.6. The van der Waals surface area contributed by atoms with Crippen LogP contribution >= 0.6 is 0 Å². The summed E-state index contributed by atoms with van der Waals surface area (Å²) in [6.45, 7) is 5.49. The van der Waals surface area contributed by atoms with E-state index in [1.807, 2.05) is 0 Å². The van der Waals surface area contributed by atoms with Crippen LogP contribution in [0.5, 0.6) is 5.75 Å². The van der Waals surface area contributed by atoms with Crippen LogP contribution in [0.25, 0.3) is 0 Å². The Kier molecular flexibility index (Phi) is 5.11. The Hall–Kier alpha value is -2.31. The van der Waals surface area contributed by atoms with E-state index in [-0.39, 0.29) is 24.1 Å². The summed E-state index contributed by atoms with van der Waals surface area (Å²) in [5.41, 5.74) is 0.225. The summed E-state index contributed by atoms with van der Waals surface area (Å²) < 4.78 is 10.2. The number of rotatable bonds is 5. The van der Waals surface area contributed by atoms with E-state index in [1.165, 1.54) is 18.2 Å². The first-order valence-corrected chi connectivity index (χ1v) is 5.83. The van der Waals surface area contributed by atoms with Crippen LogP contribution in [0.2, 0.25) is 0 Å². The zero-order chi connectivity index (χ0) is 14.4. The minimum Gasteiger partial charge on any atom is -0.489 e. The van der Waals surface area contributed by atoms with Crippen molar-refractivity contribution in [2.45, 2.75) is 26.9 Å². The predicted octanol–water partition coefficient (Wildman–Crippen LogP) is 2.95. The third kappa shape index (κ3) is 4.46. The van der Waals surface area contributed by atoms with E-state index in [0.29, 0.717) is 5.69 Å². The van der Waals surface area contributed by atoms with Crippen molar-refractivity contribution in [3.05, 3.63) is 28.3 Å². The number of nitro groups is 1. The standard InChI is InChI=1S/C12H16N2O5/c1-4-18-12(15)13-10-6-5-9(14(16)17)7-11(10)19-8(2)3/h5-8H,4H2,1-3H3,(H,13,15). The monoisotopic (exact) mass is 268 g/mol. The van der Waals surface area contributed by atoms with E-state index >= 15 is 0 Å². The van der Waals surface area contributed by atoms with E-state index in [4.69, 9.17) is 9.47 Å². The molecule has 0 spiro atoms. The molecule has 0 aliphatic heterocycles. The van der Waals surface area contributed by atoms with Crippen LogP contribution in [0, 0.1) is 10.1 Å². The number of benzene rings is 1. The van der Waals surface area contributed by atoms with Crippen molar-refractivity contribution >= 4 is 17.5 Å². The molecule has 1 N–H and O–H groups in total. The molecule has 0 saturated heterocycles. The van der Waals surface area contributed by atoms with Crippen molar-refractivity contribution < 1.29 is 19.2 Å². The summed E-state index contributed by atoms with van der Waals surface area (Å²) in [7, 11) is 0. The van der Waals surface area contributed by atoms with Crippen LogP contribution in [-0.4, -0.2) is 23.7 Å². The van der Waals surface area contributed by atoms with E-state index in [1.54, 1.807) is 20.8 Å². The maximum absolute atomic E-state index is 11.3. The third-order valence-corrected chi connectivity index (χ3v) is 2.05. The fourth-order valence-corrected chi connectivity index (χ4v) is 1.36. The predicted molar refractivity (Wildman–Crippen MR) is 69.5 cm³/mol. The van der Waals surface area contributed by atoms with Crippen molar-refractivity contribution in [3.63, 3.8) is 0 Å². The molecule has 0 aromatic heterocycles. The highest BCUT2D eigenvalue weighted by Gasteiger charge is 2.15. The Bertz CT molecular complexity index is 473. The number of nitro benzene ring substituents is 1. The summed E-state index contributed by atoms with van der Waals surface area (Å²) in [6.07, 6.45) is -0.810. The largest absolute Gasteiger partial charge is 0.489 e. The van der Waals surface area contributed by atoms with Crippen LogP contribution in [0.3, 0.4) is 0 Å². The minimum absolute atomic E-state index is 0.106. The van der Waals surface area contributed by atoms with Crippen LogP contribution in [0.1, 0.15) is 20.8 Å². The van der Waals surface area contributed by atoms with E-state index < -0.39 is 11.0 Å². The molecule has 1 rings (SSSR count). The van der Waals surface area contributed by atoms with E-state index in [9.17, 15) is 14.9 Å². The number of ether oxygens (including phenoxy) is 2. The van der Waals surface area contributed by atoms with E-state index in [2.05, 4.69) is 5.32 Å². The number of non-ortho nitro benzene ring substituents is 1. The second-order valence-electron chi connectivity index (χ2n) is 3.95. The number of hydrogen-bond acceptors (Lipinski definition) is 5. The Morgan fingerprint density at radius 1 is 1.47 bits per heavy atom. The molecule has 19 heavy (non-hydrogen) atoms. The number of nitrogens with zero attached hydrogens (tertiary/aromatic N) is 1. The van der Waals surface area contributed by atoms with Crippen LogP contribution in [-0.2, 0) is 4.74 Å². The highest BCUT2D eigenvalue weighted by molar-refractivity contribution is 5.87. The Labute approximate surface area is 110 Å². The lowest BCUT2D eigenvalue weighted by molar-refractivity contribution is -0.384. The van der Waals surface area contributed by atoms with Gasteiger partial charge in [-0.05, 0) is 26.8 Å². The zero-order valence-corrected chi connectivity index (χ0v) is 11.0. The molecule has 104 valence electrons. The lowest BCUT2D eigenvalue weighted by Crippen LogP contribution is -2.15. The summed E-state index contributed by atoms with van der Waals surface area (Å²) in [4.78, 5) is 21.5. The van der Waals surface area contributed by atoms with Gasteiger partial charge in [0, 0.05) is 6.07 Å². The second kappa shape index (κ2) is 6.58. The van der Waals surface area contributed by atoms with Gasteiger partial charge in [-0.1, -0.05) is 0 Å². The van der Waals surface area contributed by atoms with Gasteiger partial charge >= 0.3 is 6.09 Å². The lowest BCUT2D eigenvalue weighted by Gasteiger charge is -2.14. The SMILES string of the molecule is CCOC(=O)Nc1ccc([N+](=O)[O-])cc1OC(C)C. The molecule has 0 bridgehead atoms.